The smallest absolute Gasteiger partial charge is 0.0693 e. The molecule has 0 spiro atoms. The number of ether oxygens (including phenoxy) is 1. The Labute approximate surface area is 85.8 Å². The number of hydrogen-bond acceptors (Lipinski definition) is 3. The fourth-order valence-electron chi connectivity index (χ4n) is 2.51. The summed E-state index contributed by atoms with van der Waals surface area (Å²) in [5.41, 5.74) is 0. The standard InChI is InChI=1S/C11H21NO2/c13-11-5-1-4-10(11)12-9-3-2-7-14-8-6-9/h9-13H,1-8H2/t9?,10-,11-/m1/s1. The van der Waals surface area contributed by atoms with Crippen molar-refractivity contribution in [3.63, 3.8) is 0 Å². The van der Waals surface area contributed by atoms with Crippen molar-refractivity contribution >= 4 is 0 Å². The SMILES string of the molecule is O[C@@H]1CCC[C@H]1NC1CCCOCC1. The molecule has 0 radical (unpaired) electrons. The summed E-state index contributed by atoms with van der Waals surface area (Å²) < 4.78 is 5.41. The Morgan fingerprint density at radius 1 is 1.00 bits per heavy atom. The number of aliphatic hydroxyl groups excluding tert-OH is 1. The summed E-state index contributed by atoms with van der Waals surface area (Å²) in [5, 5.41) is 13.3. The van der Waals surface area contributed by atoms with Gasteiger partial charge in [0.05, 0.1) is 6.10 Å². The van der Waals surface area contributed by atoms with Gasteiger partial charge in [-0.1, -0.05) is 0 Å². The zero-order valence-corrected chi connectivity index (χ0v) is 8.74. The van der Waals surface area contributed by atoms with E-state index in [1.54, 1.807) is 0 Å². The number of nitrogens with one attached hydrogen (secondary N) is 1. The molecule has 1 heterocycles. The predicted octanol–water partition coefficient (Wildman–Crippen LogP) is 1.06. The molecule has 3 atom stereocenters. The molecule has 1 aliphatic carbocycles. The molecule has 1 aliphatic heterocycles. The first-order valence-electron chi connectivity index (χ1n) is 5.88. The molecular weight excluding hydrogens is 178 g/mol. The van der Waals surface area contributed by atoms with Gasteiger partial charge in [-0.05, 0) is 38.5 Å². The zero-order chi connectivity index (χ0) is 9.80. The van der Waals surface area contributed by atoms with Gasteiger partial charge < -0.3 is 15.2 Å². The van der Waals surface area contributed by atoms with Gasteiger partial charge in [-0.25, -0.2) is 0 Å². The molecule has 2 rings (SSSR count). The van der Waals surface area contributed by atoms with Crippen LogP contribution in [0.1, 0.15) is 38.5 Å². The minimum Gasteiger partial charge on any atom is -0.392 e. The minimum atomic E-state index is -0.112. The Morgan fingerprint density at radius 3 is 2.71 bits per heavy atom. The van der Waals surface area contributed by atoms with Crippen LogP contribution in [0.25, 0.3) is 0 Å². The van der Waals surface area contributed by atoms with Gasteiger partial charge >= 0.3 is 0 Å². The molecule has 1 unspecified atom stereocenters. The molecule has 0 aromatic rings. The molecule has 1 saturated heterocycles. The van der Waals surface area contributed by atoms with Crippen LogP contribution in [0.15, 0.2) is 0 Å². The Hall–Kier alpha value is -0.120. The Bertz CT molecular complexity index is 167. The molecule has 3 heteroatoms. The van der Waals surface area contributed by atoms with Crippen molar-refractivity contribution in [3.05, 3.63) is 0 Å². The van der Waals surface area contributed by atoms with Crippen LogP contribution in [-0.2, 0) is 4.74 Å². The van der Waals surface area contributed by atoms with Crippen LogP contribution in [0.5, 0.6) is 0 Å². The van der Waals surface area contributed by atoms with Crippen LogP contribution in [0.4, 0.5) is 0 Å². The van der Waals surface area contributed by atoms with E-state index in [9.17, 15) is 5.11 Å². The van der Waals surface area contributed by atoms with Gasteiger partial charge in [-0.3, -0.25) is 0 Å². The summed E-state index contributed by atoms with van der Waals surface area (Å²) in [7, 11) is 0. The molecule has 14 heavy (non-hydrogen) atoms. The van der Waals surface area contributed by atoms with Crippen molar-refractivity contribution in [2.75, 3.05) is 13.2 Å². The molecule has 2 fully saturated rings. The van der Waals surface area contributed by atoms with Crippen LogP contribution in [0, 0.1) is 0 Å². The highest BCUT2D eigenvalue weighted by Gasteiger charge is 2.27. The van der Waals surface area contributed by atoms with E-state index >= 15 is 0 Å². The van der Waals surface area contributed by atoms with Gasteiger partial charge in [0.15, 0.2) is 0 Å². The maximum Gasteiger partial charge on any atom is 0.0693 e. The maximum absolute atomic E-state index is 9.70. The maximum atomic E-state index is 9.70. The van der Waals surface area contributed by atoms with Crippen molar-refractivity contribution in [1.82, 2.24) is 5.32 Å². The fraction of sp³-hybridized carbons (Fsp3) is 1.00. The average Bonchev–Trinajstić information content (AvgIpc) is 2.44. The highest BCUT2D eigenvalue weighted by atomic mass is 16.5. The van der Waals surface area contributed by atoms with Gasteiger partial charge in [-0.15, -0.1) is 0 Å². The molecule has 1 saturated carbocycles. The lowest BCUT2D eigenvalue weighted by atomic mass is 10.1. The molecular formula is C11H21NO2. The van der Waals surface area contributed by atoms with Crippen LogP contribution in [-0.4, -0.2) is 36.5 Å². The quantitative estimate of drug-likeness (QED) is 0.698. The van der Waals surface area contributed by atoms with Crippen LogP contribution < -0.4 is 5.32 Å². The summed E-state index contributed by atoms with van der Waals surface area (Å²) in [4.78, 5) is 0. The Kier molecular flexibility index (Phi) is 3.79. The van der Waals surface area contributed by atoms with Crippen molar-refractivity contribution in [2.45, 2.75) is 56.7 Å². The average molecular weight is 199 g/mol. The van der Waals surface area contributed by atoms with E-state index in [4.69, 9.17) is 4.74 Å². The van der Waals surface area contributed by atoms with Crippen LogP contribution >= 0.6 is 0 Å². The lowest BCUT2D eigenvalue weighted by molar-refractivity contribution is 0.131. The van der Waals surface area contributed by atoms with Gasteiger partial charge in [0, 0.05) is 25.3 Å². The minimum absolute atomic E-state index is 0.112. The molecule has 3 nitrogen and oxygen atoms in total. The van der Waals surface area contributed by atoms with Crippen molar-refractivity contribution < 1.29 is 9.84 Å². The third-order valence-corrected chi connectivity index (χ3v) is 3.38. The van der Waals surface area contributed by atoms with E-state index in [1.165, 1.54) is 12.8 Å². The zero-order valence-electron chi connectivity index (χ0n) is 8.74. The second kappa shape index (κ2) is 5.10. The second-order valence-electron chi connectivity index (χ2n) is 4.51. The molecule has 0 bridgehead atoms. The third-order valence-electron chi connectivity index (χ3n) is 3.38. The largest absolute Gasteiger partial charge is 0.392 e. The second-order valence-corrected chi connectivity index (χ2v) is 4.51. The van der Waals surface area contributed by atoms with E-state index in [-0.39, 0.29) is 6.10 Å². The molecule has 2 N–H and O–H groups in total. The van der Waals surface area contributed by atoms with Crippen LogP contribution in [0.2, 0.25) is 0 Å². The Balaban J connectivity index is 1.77. The Morgan fingerprint density at radius 2 is 1.93 bits per heavy atom. The molecule has 82 valence electrons. The van der Waals surface area contributed by atoms with Gasteiger partial charge in [-0.2, -0.15) is 0 Å². The van der Waals surface area contributed by atoms with E-state index in [2.05, 4.69) is 5.32 Å². The summed E-state index contributed by atoms with van der Waals surface area (Å²) >= 11 is 0. The van der Waals surface area contributed by atoms with Gasteiger partial charge in [0.2, 0.25) is 0 Å². The highest BCUT2D eigenvalue weighted by molar-refractivity contribution is 4.85. The first kappa shape index (κ1) is 10.4. The monoisotopic (exact) mass is 199 g/mol. The van der Waals surface area contributed by atoms with E-state index in [0.717, 1.165) is 38.9 Å². The lowest BCUT2D eigenvalue weighted by Gasteiger charge is -2.23. The van der Waals surface area contributed by atoms with E-state index in [0.29, 0.717) is 12.1 Å². The summed E-state index contributed by atoms with van der Waals surface area (Å²) in [6.45, 7) is 1.78. The molecule has 0 aromatic carbocycles. The summed E-state index contributed by atoms with van der Waals surface area (Å²) in [6.07, 6.45) is 6.62. The molecule has 0 amide bonds. The normalized spacial score (nSPS) is 39.6. The molecule has 2 aliphatic rings. The highest BCUT2D eigenvalue weighted by Crippen LogP contribution is 2.20. The first-order valence-corrected chi connectivity index (χ1v) is 5.88. The number of hydrogen-bond donors (Lipinski definition) is 2. The van der Waals surface area contributed by atoms with Gasteiger partial charge in [0.1, 0.15) is 0 Å². The fourth-order valence-corrected chi connectivity index (χ4v) is 2.51. The van der Waals surface area contributed by atoms with Crippen molar-refractivity contribution in [2.24, 2.45) is 0 Å². The van der Waals surface area contributed by atoms with E-state index in [1.807, 2.05) is 0 Å². The van der Waals surface area contributed by atoms with E-state index < -0.39 is 0 Å². The predicted molar refractivity (Wildman–Crippen MR) is 55.2 cm³/mol. The summed E-state index contributed by atoms with van der Waals surface area (Å²) in [6, 6.07) is 0.911. The van der Waals surface area contributed by atoms with Crippen LogP contribution in [0.3, 0.4) is 0 Å². The summed E-state index contributed by atoms with van der Waals surface area (Å²) in [5.74, 6) is 0. The number of aliphatic hydroxyl groups is 1. The lowest BCUT2D eigenvalue weighted by Crippen LogP contribution is -2.42. The van der Waals surface area contributed by atoms with Crippen molar-refractivity contribution in [3.8, 4) is 0 Å². The third kappa shape index (κ3) is 2.69. The first-order chi connectivity index (χ1) is 6.86. The van der Waals surface area contributed by atoms with Crippen molar-refractivity contribution in [1.29, 1.82) is 0 Å². The topological polar surface area (TPSA) is 41.5 Å². The number of rotatable bonds is 2. The van der Waals surface area contributed by atoms with Gasteiger partial charge in [0.25, 0.3) is 0 Å². The molecule has 0 aromatic heterocycles.